The fourth-order valence-corrected chi connectivity index (χ4v) is 11.9. The van der Waals surface area contributed by atoms with Crippen molar-refractivity contribution in [2.24, 2.45) is 5.41 Å². The molecule has 0 saturated carbocycles. The number of benzene rings is 4. The smallest absolute Gasteiger partial charge is 0.133 e. The van der Waals surface area contributed by atoms with Crippen LogP contribution < -0.4 is 10.6 Å². The zero-order chi connectivity index (χ0) is 51.7. The molecule has 2 aromatic heterocycles. The van der Waals surface area contributed by atoms with Crippen molar-refractivity contribution in [3.63, 3.8) is 0 Å². The van der Waals surface area contributed by atoms with Crippen molar-refractivity contribution >= 4 is 44.8 Å². The monoisotopic (exact) mass is 1030 g/mol. The quantitative estimate of drug-likeness (QED) is 0.0373. The number of hydrogen-bond acceptors (Lipinski definition) is 8. The maximum atomic E-state index is 15.9. The van der Waals surface area contributed by atoms with Crippen LogP contribution in [0, 0.1) is 28.7 Å². The lowest BCUT2D eigenvalue weighted by Crippen LogP contribution is -2.54. The Bertz CT molecular complexity index is 2800. The van der Waals surface area contributed by atoms with Crippen molar-refractivity contribution in [1.29, 1.82) is 0 Å². The molecule has 0 unspecified atom stereocenters. The normalized spacial score (nSPS) is 21.6. The average Bonchev–Trinajstić information content (AvgIpc) is 3.89. The summed E-state index contributed by atoms with van der Waals surface area (Å²) in [6, 6.07) is 20.9. The molecule has 0 radical (unpaired) electrons. The van der Waals surface area contributed by atoms with E-state index in [1.165, 1.54) is 30.7 Å². The zero-order valence-electron chi connectivity index (χ0n) is 43.4. The number of likely N-dealkylation sites (tertiary alicyclic amines) is 2. The molecule has 0 spiro atoms. The van der Waals surface area contributed by atoms with E-state index in [1.54, 1.807) is 0 Å². The Labute approximate surface area is 433 Å². The number of aliphatic hydroxyl groups excluding tert-OH is 2. The molecule has 4 aliphatic rings. The first-order chi connectivity index (χ1) is 35.1. The summed E-state index contributed by atoms with van der Waals surface area (Å²) in [5.74, 6) is -2.24. The number of anilines is 2. The van der Waals surface area contributed by atoms with E-state index in [2.05, 4.69) is 62.1 Å². The Kier molecular flexibility index (Phi) is 16.5. The van der Waals surface area contributed by atoms with Gasteiger partial charge in [0.15, 0.2) is 0 Å². The number of aromatic nitrogens is 2. The van der Waals surface area contributed by atoms with Crippen molar-refractivity contribution in [1.82, 2.24) is 29.6 Å². The van der Waals surface area contributed by atoms with Crippen LogP contribution in [0.3, 0.4) is 0 Å². The summed E-state index contributed by atoms with van der Waals surface area (Å²) in [5.41, 5.74) is 6.37. The number of unbranched alkanes of at least 4 members (excludes halogenated alkanes) is 2. The van der Waals surface area contributed by atoms with E-state index >= 15 is 17.6 Å². The largest absolute Gasteiger partial charge is 0.396 e. The molecule has 2 fully saturated rings. The van der Waals surface area contributed by atoms with Gasteiger partial charge in [-0.1, -0.05) is 76.9 Å². The van der Waals surface area contributed by atoms with Gasteiger partial charge in [-0.15, -0.1) is 11.6 Å². The molecule has 6 aromatic rings. The molecule has 394 valence electrons. The van der Waals surface area contributed by atoms with E-state index in [-0.39, 0.29) is 48.5 Å². The van der Waals surface area contributed by atoms with E-state index in [4.69, 9.17) is 11.6 Å². The number of nitrogens with zero attached hydrogens (tertiary/aromatic N) is 4. The highest BCUT2D eigenvalue weighted by Gasteiger charge is 2.42. The van der Waals surface area contributed by atoms with Crippen molar-refractivity contribution in [3.8, 4) is 0 Å². The van der Waals surface area contributed by atoms with Gasteiger partial charge in [-0.05, 0) is 100 Å². The lowest BCUT2D eigenvalue weighted by Gasteiger charge is -2.44. The summed E-state index contributed by atoms with van der Waals surface area (Å²) in [4.78, 5) is 15.8. The second-order valence-corrected chi connectivity index (χ2v) is 22.7. The number of alkyl halides is 1. The molecule has 0 bridgehead atoms. The fraction of sp³-hybridized carbons (Fsp3) is 0.517. The van der Waals surface area contributed by atoms with Gasteiger partial charge in [0.1, 0.15) is 23.3 Å². The van der Waals surface area contributed by atoms with Gasteiger partial charge in [0, 0.05) is 119 Å². The summed E-state index contributed by atoms with van der Waals surface area (Å²) in [7, 11) is 0. The van der Waals surface area contributed by atoms with E-state index in [1.807, 2.05) is 68.1 Å². The van der Waals surface area contributed by atoms with Crippen molar-refractivity contribution < 1.29 is 27.8 Å². The van der Waals surface area contributed by atoms with Gasteiger partial charge in [-0.25, -0.2) is 17.6 Å². The number of fused-ring (bicyclic) bond motifs is 6. The molecular formula is C58H75ClF4N8O2. The van der Waals surface area contributed by atoms with Gasteiger partial charge in [-0.3, -0.25) is 19.6 Å². The summed E-state index contributed by atoms with van der Waals surface area (Å²) < 4.78 is 63.3. The molecule has 0 amide bonds. The highest BCUT2D eigenvalue weighted by atomic mass is 35.5. The maximum absolute atomic E-state index is 15.9. The number of aromatic amines is 2. The third-order valence-electron chi connectivity index (χ3n) is 15.7. The molecule has 10 rings (SSSR count). The average molecular weight is 1030 g/mol. The fourth-order valence-electron chi connectivity index (χ4n) is 11.8. The summed E-state index contributed by atoms with van der Waals surface area (Å²) in [5, 5.41) is 27.9. The van der Waals surface area contributed by atoms with Crippen LogP contribution in [-0.4, -0.2) is 135 Å². The predicted molar refractivity (Wildman–Crippen MR) is 288 cm³/mol. The van der Waals surface area contributed by atoms with Gasteiger partial charge in [0.2, 0.25) is 0 Å². The van der Waals surface area contributed by atoms with Crippen molar-refractivity contribution in [2.45, 2.75) is 122 Å². The van der Waals surface area contributed by atoms with Gasteiger partial charge in [-0.2, -0.15) is 0 Å². The Morgan fingerprint density at radius 3 is 1.48 bits per heavy atom. The molecule has 4 aromatic carbocycles. The Morgan fingerprint density at radius 2 is 1.07 bits per heavy atom. The van der Waals surface area contributed by atoms with Crippen LogP contribution in [0.4, 0.5) is 28.9 Å². The molecular weight excluding hydrogens is 952 g/mol. The minimum absolute atomic E-state index is 0.00696. The SMILES string of the molecule is CCCCN1CC(Nc2cc(F)c([C@@H]3c4[nH]c5ccccc5c4C[C@@H](C)N3CC(C)(C)CO)c(F)c2)C1.CCCCN1CC(Nc2cc(F)c([C@@H]3c4[nH]c5ccccc5c4C[C@@H](C)N3C[C@@H](Cl)CO)c(F)c2)C1. The maximum Gasteiger partial charge on any atom is 0.133 e. The number of rotatable bonds is 18. The Hall–Kier alpha value is -4.67. The lowest BCUT2D eigenvalue weighted by atomic mass is 9.84. The molecule has 15 heteroatoms. The molecule has 0 aliphatic carbocycles. The van der Waals surface area contributed by atoms with Crippen LogP contribution in [0.5, 0.6) is 0 Å². The minimum atomic E-state index is -0.675. The second kappa shape index (κ2) is 22.7. The van der Waals surface area contributed by atoms with Crippen molar-refractivity contribution in [2.75, 3.05) is 76.2 Å². The van der Waals surface area contributed by atoms with Crippen LogP contribution in [0.1, 0.15) is 113 Å². The molecule has 2 saturated heterocycles. The van der Waals surface area contributed by atoms with Gasteiger partial charge >= 0.3 is 0 Å². The van der Waals surface area contributed by atoms with Crippen LogP contribution in [0.15, 0.2) is 72.8 Å². The summed E-state index contributed by atoms with van der Waals surface area (Å²) in [6.45, 7) is 18.8. The molecule has 6 heterocycles. The molecule has 10 nitrogen and oxygen atoms in total. The Balaban J connectivity index is 0.000000180. The lowest BCUT2D eigenvalue weighted by molar-refractivity contribution is 0.0544. The van der Waals surface area contributed by atoms with Crippen molar-refractivity contribution in [3.05, 3.63) is 130 Å². The number of halogens is 5. The van der Waals surface area contributed by atoms with Crippen LogP contribution in [0.2, 0.25) is 0 Å². The first-order valence-corrected chi connectivity index (χ1v) is 27.1. The van der Waals surface area contributed by atoms with E-state index in [0.717, 1.165) is 116 Å². The molecule has 73 heavy (non-hydrogen) atoms. The number of para-hydroxylation sites is 2. The zero-order valence-corrected chi connectivity index (χ0v) is 44.1. The van der Waals surface area contributed by atoms with E-state index in [9.17, 15) is 10.2 Å². The number of H-pyrrole nitrogens is 2. The highest BCUT2D eigenvalue weighted by molar-refractivity contribution is 6.20. The topological polar surface area (TPSA) is 109 Å². The molecule has 5 atom stereocenters. The molecule has 4 aliphatic heterocycles. The second-order valence-electron chi connectivity index (χ2n) is 22.1. The van der Waals surface area contributed by atoms with Crippen LogP contribution in [0.25, 0.3) is 21.8 Å². The predicted octanol–water partition coefficient (Wildman–Crippen LogP) is 11.0. The third kappa shape index (κ3) is 11.3. The van der Waals surface area contributed by atoms with Gasteiger partial charge < -0.3 is 30.8 Å². The number of hydrogen-bond donors (Lipinski definition) is 6. The van der Waals surface area contributed by atoms with Gasteiger partial charge in [0.25, 0.3) is 0 Å². The Morgan fingerprint density at radius 1 is 0.658 bits per heavy atom. The first-order valence-electron chi connectivity index (χ1n) is 26.6. The van der Waals surface area contributed by atoms with E-state index in [0.29, 0.717) is 24.5 Å². The first kappa shape index (κ1) is 53.2. The van der Waals surface area contributed by atoms with Crippen LogP contribution in [-0.2, 0) is 12.8 Å². The minimum Gasteiger partial charge on any atom is -0.396 e. The third-order valence-corrected chi connectivity index (χ3v) is 16.0. The van der Waals surface area contributed by atoms with E-state index < -0.39 is 46.1 Å². The highest BCUT2D eigenvalue weighted by Crippen LogP contribution is 2.46. The van der Waals surface area contributed by atoms with Gasteiger partial charge in [0.05, 0.1) is 36.2 Å². The van der Waals surface area contributed by atoms with Crippen LogP contribution >= 0.6 is 11.6 Å². The summed E-state index contributed by atoms with van der Waals surface area (Å²) in [6.07, 6.45) is 6.15. The summed E-state index contributed by atoms with van der Waals surface area (Å²) >= 11 is 6.35. The number of aliphatic hydroxyl groups is 2. The molecule has 6 N–H and O–H groups in total. The standard InChI is InChI=1S/C30H40F2N4O.C28H35ClF2N4O/c1-5-6-11-35-15-21(16-35)33-20-13-24(31)27(25(32)14-20)29-28-23(22-9-7-8-10-26(22)34-28)12-19(2)36(29)17-30(3,4)18-37;1-3-4-9-34-14-20(15-34)32-19-11-23(30)26(24(31)12-19)28-27-22(21-7-5-6-8-25(21)33-27)10-17(2)35(28)13-18(29)16-36/h7-10,13-14,19,21,29,33-34,37H,5-6,11-12,15-18H2,1-4H3;5-8,11-12,17-18,20,28,32-33,36H,3-4,9-10,13-16H2,1-2H3/t19-,29-;17-,18-,28-/m11/s1. The number of nitrogens with one attached hydrogen (secondary N) is 4.